The number of guanidine groups is 1. The van der Waals surface area contributed by atoms with Gasteiger partial charge in [0.2, 0.25) is 0 Å². The Morgan fingerprint density at radius 3 is 2.86 bits per heavy atom. The van der Waals surface area contributed by atoms with Crippen LogP contribution < -0.4 is 10.6 Å². The van der Waals surface area contributed by atoms with Crippen LogP contribution in [0.2, 0.25) is 0 Å². The third-order valence-electron chi connectivity index (χ3n) is 3.64. The Bertz CT molecular complexity index is 444. The number of aliphatic hydroxyl groups is 1. The zero-order valence-corrected chi connectivity index (χ0v) is 13.3. The molecule has 1 heterocycles. The summed E-state index contributed by atoms with van der Waals surface area (Å²) in [6.07, 6.45) is 2.66. The van der Waals surface area contributed by atoms with Gasteiger partial charge in [0.15, 0.2) is 5.96 Å². The molecule has 5 heteroatoms. The second kappa shape index (κ2) is 9.43. The van der Waals surface area contributed by atoms with Gasteiger partial charge in [-0.05, 0) is 25.3 Å². The van der Waals surface area contributed by atoms with Crippen molar-refractivity contribution >= 4 is 5.96 Å². The molecule has 2 rings (SSSR count). The molecule has 0 saturated carbocycles. The molecule has 5 nitrogen and oxygen atoms in total. The van der Waals surface area contributed by atoms with Crippen molar-refractivity contribution in [2.45, 2.75) is 38.4 Å². The van der Waals surface area contributed by atoms with Gasteiger partial charge in [0.05, 0.1) is 18.8 Å². The topological polar surface area (TPSA) is 65.9 Å². The molecule has 3 N–H and O–H groups in total. The Morgan fingerprint density at radius 1 is 1.36 bits per heavy atom. The first-order valence-corrected chi connectivity index (χ1v) is 8.13. The molecule has 0 aromatic heterocycles. The molecule has 0 aliphatic carbocycles. The third kappa shape index (κ3) is 6.03. The molecular formula is C17H27N3O2. The lowest BCUT2D eigenvalue weighted by Gasteiger charge is -2.15. The molecule has 22 heavy (non-hydrogen) atoms. The highest BCUT2D eigenvalue weighted by atomic mass is 16.5. The molecule has 122 valence electrons. The van der Waals surface area contributed by atoms with Gasteiger partial charge in [0.1, 0.15) is 0 Å². The number of hydrogen-bond donors (Lipinski definition) is 3. The van der Waals surface area contributed by atoms with Gasteiger partial charge in [0.25, 0.3) is 0 Å². The molecule has 0 amide bonds. The summed E-state index contributed by atoms with van der Waals surface area (Å²) in [6, 6.07) is 9.99. The molecular weight excluding hydrogens is 278 g/mol. The fourth-order valence-corrected chi connectivity index (χ4v) is 2.50. The molecule has 1 aliphatic rings. The van der Waals surface area contributed by atoms with Crippen LogP contribution in [0.1, 0.15) is 25.3 Å². The highest BCUT2D eigenvalue weighted by Gasteiger charge is 2.15. The van der Waals surface area contributed by atoms with Crippen LogP contribution in [0, 0.1) is 0 Å². The average molecular weight is 305 g/mol. The highest BCUT2D eigenvalue weighted by molar-refractivity contribution is 5.79. The fraction of sp³-hybridized carbons (Fsp3) is 0.588. The monoisotopic (exact) mass is 305 g/mol. The lowest BCUT2D eigenvalue weighted by Crippen LogP contribution is -2.41. The smallest absolute Gasteiger partial charge is 0.191 e. The van der Waals surface area contributed by atoms with E-state index in [1.165, 1.54) is 0 Å². The number of ether oxygens (including phenoxy) is 1. The van der Waals surface area contributed by atoms with Gasteiger partial charge in [-0.2, -0.15) is 0 Å². The average Bonchev–Trinajstić information content (AvgIpc) is 3.04. The van der Waals surface area contributed by atoms with Crippen molar-refractivity contribution < 1.29 is 9.84 Å². The molecule has 1 aromatic rings. The summed E-state index contributed by atoms with van der Waals surface area (Å²) >= 11 is 0. The second-order valence-corrected chi connectivity index (χ2v) is 5.58. The van der Waals surface area contributed by atoms with Crippen molar-refractivity contribution in [2.75, 3.05) is 26.2 Å². The maximum Gasteiger partial charge on any atom is 0.191 e. The van der Waals surface area contributed by atoms with Gasteiger partial charge in [-0.25, -0.2) is 0 Å². The van der Waals surface area contributed by atoms with Crippen LogP contribution in [0.3, 0.4) is 0 Å². The van der Waals surface area contributed by atoms with Crippen molar-refractivity contribution in [3.63, 3.8) is 0 Å². The quantitative estimate of drug-likeness (QED) is 0.525. The molecule has 1 aliphatic heterocycles. The van der Waals surface area contributed by atoms with E-state index < -0.39 is 6.10 Å². The summed E-state index contributed by atoms with van der Waals surface area (Å²) in [5.41, 5.74) is 1.13. The van der Waals surface area contributed by atoms with Crippen LogP contribution in [0.25, 0.3) is 0 Å². The molecule has 1 saturated heterocycles. The van der Waals surface area contributed by atoms with Crippen molar-refractivity contribution in [3.05, 3.63) is 35.9 Å². The largest absolute Gasteiger partial charge is 0.391 e. The van der Waals surface area contributed by atoms with Crippen LogP contribution in [-0.4, -0.2) is 49.5 Å². The summed E-state index contributed by atoms with van der Waals surface area (Å²) < 4.78 is 5.59. The second-order valence-electron chi connectivity index (χ2n) is 5.58. The zero-order valence-electron chi connectivity index (χ0n) is 13.3. The molecule has 0 radical (unpaired) electrons. The van der Waals surface area contributed by atoms with Gasteiger partial charge in [-0.15, -0.1) is 0 Å². The Balaban J connectivity index is 1.77. The van der Waals surface area contributed by atoms with Gasteiger partial charge < -0.3 is 20.5 Å². The first kappa shape index (κ1) is 16.8. The molecule has 1 aromatic carbocycles. The van der Waals surface area contributed by atoms with Crippen LogP contribution in [0.5, 0.6) is 0 Å². The van der Waals surface area contributed by atoms with Crippen molar-refractivity contribution in [3.8, 4) is 0 Å². The Labute approximate surface area is 132 Å². The molecule has 2 unspecified atom stereocenters. The Hall–Kier alpha value is -1.59. The SMILES string of the molecule is CCNC(=NCC(O)Cc1ccccc1)NCC1CCCO1. The lowest BCUT2D eigenvalue weighted by molar-refractivity contribution is 0.113. The number of aliphatic hydroxyl groups excluding tert-OH is 1. The van der Waals surface area contributed by atoms with E-state index in [0.717, 1.165) is 44.1 Å². The number of nitrogens with one attached hydrogen (secondary N) is 2. The number of rotatable bonds is 7. The van der Waals surface area contributed by atoms with E-state index in [0.29, 0.717) is 13.0 Å². The maximum absolute atomic E-state index is 10.1. The van der Waals surface area contributed by atoms with Crippen LogP contribution in [0.15, 0.2) is 35.3 Å². The first-order valence-electron chi connectivity index (χ1n) is 8.13. The number of benzene rings is 1. The van der Waals surface area contributed by atoms with Crippen molar-refractivity contribution in [1.29, 1.82) is 0 Å². The van der Waals surface area contributed by atoms with Gasteiger partial charge in [0, 0.05) is 26.1 Å². The van der Waals surface area contributed by atoms with E-state index in [4.69, 9.17) is 4.74 Å². The van der Waals surface area contributed by atoms with Crippen LogP contribution in [0.4, 0.5) is 0 Å². The van der Waals surface area contributed by atoms with Crippen molar-refractivity contribution in [1.82, 2.24) is 10.6 Å². The predicted octanol–water partition coefficient (Wildman–Crippen LogP) is 1.32. The Morgan fingerprint density at radius 2 is 2.18 bits per heavy atom. The van der Waals surface area contributed by atoms with Gasteiger partial charge >= 0.3 is 0 Å². The minimum absolute atomic E-state index is 0.276. The molecule has 2 atom stereocenters. The predicted molar refractivity (Wildman–Crippen MR) is 89.1 cm³/mol. The zero-order chi connectivity index (χ0) is 15.6. The number of nitrogens with zero attached hydrogens (tertiary/aromatic N) is 1. The highest BCUT2D eigenvalue weighted by Crippen LogP contribution is 2.10. The summed E-state index contributed by atoms with van der Waals surface area (Å²) in [4.78, 5) is 4.46. The summed E-state index contributed by atoms with van der Waals surface area (Å²) in [5.74, 6) is 0.741. The lowest BCUT2D eigenvalue weighted by atomic mass is 10.1. The molecule has 1 fully saturated rings. The van der Waals surface area contributed by atoms with Gasteiger partial charge in [-0.3, -0.25) is 4.99 Å². The Kier molecular flexibility index (Phi) is 7.19. The summed E-state index contributed by atoms with van der Waals surface area (Å²) in [6.45, 7) is 4.84. The summed E-state index contributed by atoms with van der Waals surface area (Å²) in [7, 11) is 0. The molecule has 0 spiro atoms. The maximum atomic E-state index is 10.1. The van der Waals surface area contributed by atoms with Crippen molar-refractivity contribution in [2.24, 2.45) is 4.99 Å². The van der Waals surface area contributed by atoms with Crippen LogP contribution >= 0.6 is 0 Å². The van der Waals surface area contributed by atoms with E-state index in [-0.39, 0.29) is 6.10 Å². The third-order valence-corrected chi connectivity index (χ3v) is 3.64. The molecule has 0 bridgehead atoms. The van der Waals surface area contributed by atoms with Crippen LogP contribution in [-0.2, 0) is 11.2 Å². The van der Waals surface area contributed by atoms with E-state index in [1.54, 1.807) is 0 Å². The minimum atomic E-state index is -0.472. The standard InChI is InChI=1S/C17H27N3O2/c1-2-18-17(20-13-16-9-6-10-22-16)19-12-15(21)11-14-7-4-3-5-8-14/h3-5,7-8,15-16,21H,2,6,9-13H2,1H3,(H2,18,19,20). The number of aliphatic imine (C=N–C) groups is 1. The normalized spacial score (nSPS) is 19.9. The number of hydrogen-bond acceptors (Lipinski definition) is 3. The fourth-order valence-electron chi connectivity index (χ4n) is 2.50. The van der Waals surface area contributed by atoms with E-state index in [9.17, 15) is 5.11 Å². The minimum Gasteiger partial charge on any atom is -0.391 e. The van der Waals surface area contributed by atoms with E-state index in [2.05, 4.69) is 15.6 Å². The van der Waals surface area contributed by atoms with E-state index in [1.807, 2.05) is 37.3 Å². The van der Waals surface area contributed by atoms with E-state index >= 15 is 0 Å². The first-order chi connectivity index (χ1) is 10.8. The summed E-state index contributed by atoms with van der Waals surface area (Å²) in [5, 5.41) is 16.6. The van der Waals surface area contributed by atoms with Gasteiger partial charge in [-0.1, -0.05) is 30.3 Å².